The maximum atomic E-state index is 6.16. The number of aryl methyl sites for hydroxylation is 2. The minimum absolute atomic E-state index is 0.0546. The fourth-order valence-electron chi connectivity index (χ4n) is 4.33. The summed E-state index contributed by atoms with van der Waals surface area (Å²) in [5.41, 5.74) is 3.86. The van der Waals surface area contributed by atoms with E-state index in [1.807, 2.05) is 0 Å². The molecule has 1 unspecified atom stereocenters. The summed E-state index contributed by atoms with van der Waals surface area (Å²) in [6.45, 7) is 11.4. The van der Waals surface area contributed by atoms with Crippen LogP contribution in [0.25, 0.3) is 0 Å². The van der Waals surface area contributed by atoms with Crippen molar-refractivity contribution in [1.29, 1.82) is 0 Å². The molecular formula is C32H36O2P2. The van der Waals surface area contributed by atoms with Crippen molar-refractivity contribution in [3.05, 3.63) is 108 Å². The van der Waals surface area contributed by atoms with Crippen molar-refractivity contribution in [2.75, 3.05) is 13.9 Å². The molecular weight excluding hydrogens is 478 g/mol. The Hall–Kier alpha value is -2.50. The van der Waals surface area contributed by atoms with Gasteiger partial charge < -0.3 is 9.47 Å². The van der Waals surface area contributed by atoms with Crippen LogP contribution in [-0.4, -0.2) is 13.9 Å². The van der Waals surface area contributed by atoms with E-state index < -0.39 is 7.92 Å². The smallest absolute Gasteiger partial charge is 0.188 e. The van der Waals surface area contributed by atoms with Crippen LogP contribution < -0.4 is 31.3 Å². The van der Waals surface area contributed by atoms with Crippen LogP contribution in [0.3, 0.4) is 0 Å². The largest absolute Gasteiger partial charge is 0.467 e. The molecule has 0 bridgehead atoms. The maximum absolute atomic E-state index is 6.16. The third kappa shape index (κ3) is 6.07. The SMILES string of the molecule is COCOc1c(C)cc(C(C)(C)C)cc1Pc1c(C)cccc1P(c1ccccc1)c1ccccc1. The number of benzene rings is 4. The molecule has 0 aliphatic rings. The summed E-state index contributed by atoms with van der Waals surface area (Å²) in [4.78, 5) is 0. The standard InChI is InChI=1S/C32H36O2P2/c1-23-14-13-19-29(36(26-15-9-7-10-16-26)27-17-11-8-12-18-27)31(23)35-28-21-25(32(3,4)5)20-24(2)30(28)34-22-33-6/h7-21,35H,22H2,1-6H3. The van der Waals surface area contributed by atoms with E-state index in [4.69, 9.17) is 9.47 Å². The molecule has 1 atom stereocenters. The molecule has 36 heavy (non-hydrogen) atoms. The average molecular weight is 515 g/mol. The summed E-state index contributed by atoms with van der Waals surface area (Å²) in [6.07, 6.45) is 0. The fraction of sp³-hybridized carbons (Fsp3) is 0.250. The highest BCUT2D eigenvalue weighted by atomic mass is 31.1. The average Bonchev–Trinajstić information content (AvgIpc) is 2.86. The predicted octanol–water partition coefficient (Wildman–Crippen LogP) is 5.97. The molecule has 186 valence electrons. The van der Waals surface area contributed by atoms with E-state index in [0.29, 0.717) is 8.58 Å². The number of ether oxygens (including phenoxy) is 2. The molecule has 0 amide bonds. The minimum atomic E-state index is -0.696. The summed E-state index contributed by atoms with van der Waals surface area (Å²) in [6, 6.07) is 33.3. The second-order valence-corrected chi connectivity index (χ2v) is 13.5. The molecule has 0 radical (unpaired) electrons. The van der Waals surface area contributed by atoms with Gasteiger partial charge >= 0.3 is 0 Å². The first-order chi connectivity index (χ1) is 17.3. The van der Waals surface area contributed by atoms with Gasteiger partial charge in [-0.25, -0.2) is 0 Å². The van der Waals surface area contributed by atoms with E-state index in [-0.39, 0.29) is 12.2 Å². The molecule has 0 aromatic heterocycles. The van der Waals surface area contributed by atoms with Gasteiger partial charge in [0.05, 0.1) is 0 Å². The summed E-state index contributed by atoms with van der Waals surface area (Å²) in [7, 11) is 1.45. The van der Waals surface area contributed by atoms with Crippen LogP contribution in [0.4, 0.5) is 0 Å². The van der Waals surface area contributed by atoms with Gasteiger partial charge in [0.25, 0.3) is 0 Å². The molecule has 4 heteroatoms. The second kappa shape index (κ2) is 11.7. The van der Waals surface area contributed by atoms with Crippen LogP contribution in [0, 0.1) is 13.8 Å². The van der Waals surface area contributed by atoms with Crippen molar-refractivity contribution in [1.82, 2.24) is 0 Å². The predicted molar refractivity (Wildman–Crippen MR) is 160 cm³/mol. The van der Waals surface area contributed by atoms with Crippen LogP contribution in [0.1, 0.15) is 37.5 Å². The molecule has 4 aromatic carbocycles. The van der Waals surface area contributed by atoms with Crippen molar-refractivity contribution in [2.45, 2.75) is 40.0 Å². The van der Waals surface area contributed by atoms with Crippen molar-refractivity contribution in [2.24, 2.45) is 0 Å². The lowest BCUT2D eigenvalue weighted by atomic mass is 9.86. The van der Waals surface area contributed by atoms with Crippen LogP contribution in [0.5, 0.6) is 5.75 Å². The van der Waals surface area contributed by atoms with Crippen molar-refractivity contribution < 1.29 is 9.47 Å². The van der Waals surface area contributed by atoms with E-state index in [9.17, 15) is 0 Å². The molecule has 0 aliphatic heterocycles. The van der Waals surface area contributed by atoms with E-state index >= 15 is 0 Å². The molecule has 0 saturated heterocycles. The number of methoxy groups -OCH3 is 1. The van der Waals surface area contributed by atoms with Gasteiger partial charge in [0.15, 0.2) is 6.79 Å². The lowest BCUT2D eigenvalue weighted by molar-refractivity contribution is 0.0514. The Bertz CT molecular complexity index is 1260. The highest BCUT2D eigenvalue weighted by Crippen LogP contribution is 2.36. The Morgan fingerprint density at radius 2 is 1.36 bits per heavy atom. The minimum Gasteiger partial charge on any atom is -0.467 e. The third-order valence-corrected chi connectivity index (χ3v) is 10.5. The first-order valence-electron chi connectivity index (χ1n) is 12.3. The lowest BCUT2D eigenvalue weighted by Gasteiger charge is -2.26. The van der Waals surface area contributed by atoms with Gasteiger partial charge in [-0.05, 0) is 71.2 Å². The van der Waals surface area contributed by atoms with Gasteiger partial charge in [0, 0.05) is 12.4 Å². The first-order valence-corrected chi connectivity index (χ1v) is 14.7. The zero-order valence-electron chi connectivity index (χ0n) is 22.1. The molecule has 0 heterocycles. The van der Waals surface area contributed by atoms with Crippen LogP contribution in [-0.2, 0) is 10.2 Å². The Morgan fingerprint density at radius 3 is 1.92 bits per heavy atom. The number of rotatable bonds is 8. The van der Waals surface area contributed by atoms with Crippen LogP contribution in [0.2, 0.25) is 0 Å². The Kier molecular flexibility index (Phi) is 8.63. The summed E-state index contributed by atoms with van der Waals surface area (Å²) in [5, 5.41) is 6.79. The number of hydrogen-bond acceptors (Lipinski definition) is 2. The van der Waals surface area contributed by atoms with Gasteiger partial charge in [-0.1, -0.05) is 114 Å². The van der Waals surface area contributed by atoms with Gasteiger partial charge in [-0.3, -0.25) is 0 Å². The van der Waals surface area contributed by atoms with Crippen LogP contribution >= 0.6 is 16.5 Å². The van der Waals surface area contributed by atoms with E-state index in [1.165, 1.54) is 37.6 Å². The highest BCUT2D eigenvalue weighted by Gasteiger charge is 2.23. The zero-order chi connectivity index (χ0) is 25.7. The molecule has 0 spiro atoms. The molecule has 0 N–H and O–H groups in total. The van der Waals surface area contributed by atoms with E-state index in [1.54, 1.807) is 7.11 Å². The zero-order valence-corrected chi connectivity index (χ0v) is 24.0. The molecule has 0 fully saturated rings. The van der Waals surface area contributed by atoms with Crippen molar-refractivity contribution >= 4 is 43.0 Å². The summed E-state index contributed by atoms with van der Waals surface area (Å²) < 4.78 is 11.4. The quantitative estimate of drug-likeness (QED) is 0.213. The molecule has 0 saturated carbocycles. The second-order valence-electron chi connectivity index (χ2n) is 10.1. The van der Waals surface area contributed by atoms with E-state index in [0.717, 1.165) is 11.3 Å². The van der Waals surface area contributed by atoms with Gasteiger partial charge in [-0.2, -0.15) is 0 Å². The highest BCUT2D eigenvalue weighted by molar-refractivity contribution is 7.81. The van der Waals surface area contributed by atoms with Crippen LogP contribution in [0.15, 0.2) is 91.0 Å². The monoisotopic (exact) mass is 514 g/mol. The summed E-state index contributed by atoms with van der Waals surface area (Å²) >= 11 is 0. The van der Waals surface area contributed by atoms with E-state index in [2.05, 4.69) is 126 Å². The van der Waals surface area contributed by atoms with Gasteiger partial charge in [-0.15, -0.1) is 0 Å². The Balaban J connectivity index is 1.89. The first kappa shape index (κ1) is 26.6. The number of hydrogen-bond donors (Lipinski definition) is 0. The molecule has 0 aliphatic carbocycles. The van der Waals surface area contributed by atoms with Gasteiger partial charge in [0.2, 0.25) is 0 Å². The maximum Gasteiger partial charge on any atom is 0.188 e. The Labute approximate surface area is 219 Å². The molecule has 4 aromatic rings. The molecule has 2 nitrogen and oxygen atoms in total. The normalized spacial score (nSPS) is 12.0. The fourth-order valence-corrected chi connectivity index (χ4v) is 8.63. The summed E-state index contributed by atoms with van der Waals surface area (Å²) in [5.74, 6) is 0.945. The van der Waals surface area contributed by atoms with Gasteiger partial charge in [0.1, 0.15) is 5.75 Å². The third-order valence-electron chi connectivity index (χ3n) is 6.24. The Morgan fingerprint density at radius 1 is 0.750 bits per heavy atom. The molecule has 4 rings (SSSR count). The van der Waals surface area contributed by atoms with Crippen molar-refractivity contribution in [3.8, 4) is 5.75 Å². The lowest BCUT2D eigenvalue weighted by Crippen LogP contribution is -2.31. The van der Waals surface area contributed by atoms with Crippen molar-refractivity contribution in [3.63, 3.8) is 0 Å². The topological polar surface area (TPSA) is 18.5 Å².